The third-order valence-electron chi connectivity index (χ3n) is 2.50. The third-order valence-corrected chi connectivity index (χ3v) is 3.32. The predicted molar refractivity (Wildman–Crippen MR) is 56.0 cm³/mol. The molecule has 0 atom stereocenters. The van der Waals surface area contributed by atoms with Gasteiger partial charge < -0.3 is 0 Å². The summed E-state index contributed by atoms with van der Waals surface area (Å²) in [6.07, 6.45) is 4.14. The van der Waals surface area contributed by atoms with E-state index in [0.29, 0.717) is 0 Å². The zero-order valence-corrected chi connectivity index (χ0v) is 8.94. The van der Waals surface area contributed by atoms with Gasteiger partial charge in [0.05, 0.1) is 10.7 Å². The fraction of sp³-hybridized carbons (Fsp3) is 0.700. The highest BCUT2D eigenvalue weighted by Crippen LogP contribution is 2.14. The van der Waals surface area contributed by atoms with Crippen LogP contribution >= 0.6 is 11.3 Å². The van der Waals surface area contributed by atoms with Gasteiger partial charge in [0.2, 0.25) is 0 Å². The molecule has 0 aromatic carbocycles. The number of piperidine rings is 1. The van der Waals surface area contributed by atoms with E-state index in [2.05, 4.69) is 22.2 Å². The van der Waals surface area contributed by atoms with E-state index in [0.717, 1.165) is 6.54 Å². The molecule has 0 spiro atoms. The first-order valence-electron chi connectivity index (χ1n) is 4.98. The predicted octanol–water partition coefficient (Wildman–Crippen LogP) is 2.44. The first kappa shape index (κ1) is 9.16. The Morgan fingerprint density at radius 2 is 2.15 bits per heavy atom. The van der Waals surface area contributed by atoms with E-state index in [1.165, 1.54) is 43.1 Å². The van der Waals surface area contributed by atoms with E-state index in [1.807, 2.05) is 0 Å². The van der Waals surface area contributed by atoms with Crippen molar-refractivity contribution in [3.05, 3.63) is 16.1 Å². The molecule has 1 aromatic rings. The molecule has 1 aromatic heterocycles. The van der Waals surface area contributed by atoms with Crippen LogP contribution in [0.2, 0.25) is 0 Å². The lowest BCUT2D eigenvalue weighted by Gasteiger charge is -2.25. The molecule has 0 saturated carbocycles. The lowest BCUT2D eigenvalue weighted by Crippen LogP contribution is -2.29. The Hall–Kier alpha value is -0.410. The number of aromatic nitrogens is 1. The SMILES string of the molecule is Cc1nc(CN2CCCCC2)cs1. The van der Waals surface area contributed by atoms with Crippen molar-refractivity contribution in [2.75, 3.05) is 13.1 Å². The summed E-state index contributed by atoms with van der Waals surface area (Å²) in [7, 11) is 0. The van der Waals surface area contributed by atoms with Crippen molar-refractivity contribution >= 4 is 11.3 Å². The maximum Gasteiger partial charge on any atom is 0.0897 e. The van der Waals surface area contributed by atoms with Gasteiger partial charge >= 0.3 is 0 Å². The molecule has 3 heteroatoms. The Balaban J connectivity index is 1.89. The average Bonchev–Trinajstić information content (AvgIpc) is 2.53. The lowest BCUT2D eigenvalue weighted by atomic mass is 10.1. The van der Waals surface area contributed by atoms with E-state index in [9.17, 15) is 0 Å². The van der Waals surface area contributed by atoms with E-state index < -0.39 is 0 Å². The normalized spacial score (nSPS) is 19.2. The van der Waals surface area contributed by atoms with E-state index in [4.69, 9.17) is 0 Å². The largest absolute Gasteiger partial charge is 0.297 e. The molecule has 0 radical (unpaired) electrons. The Bertz CT molecular complexity index is 264. The number of nitrogens with zero attached hydrogens (tertiary/aromatic N) is 2. The summed E-state index contributed by atoms with van der Waals surface area (Å²) in [4.78, 5) is 6.99. The molecule has 2 rings (SSSR count). The van der Waals surface area contributed by atoms with Crippen molar-refractivity contribution in [1.82, 2.24) is 9.88 Å². The van der Waals surface area contributed by atoms with Crippen molar-refractivity contribution < 1.29 is 0 Å². The maximum absolute atomic E-state index is 4.48. The summed E-state index contributed by atoms with van der Waals surface area (Å²) in [5, 5.41) is 3.37. The van der Waals surface area contributed by atoms with Gasteiger partial charge in [-0.1, -0.05) is 6.42 Å². The second kappa shape index (κ2) is 4.20. The quantitative estimate of drug-likeness (QED) is 0.722. The van der Waals surface area contributed by atoms with Gasteiger partial charge in [-0.2, -0.15) is 0 Å². The smallest absolute Gasteiger partial charge is 0.0897 e. The van der Waals surface area contributed by atoms with Crippen LogP contribution in [0.15, 0.2) is 5.38 Å². The number of hydrogen-bond acceptors (Lipinski definition) is 3. The van der Waals surface area contributed by atoms with Crippen LogP contribution in [0.4, 0.5) is 0 Å². The molecule has 1 fully saturated rings. The summed E-state index contributed by atoms with van der Waals surface area (Å²) >= 11 is 1.76. The molecule has 2 heterocycles. The standard InChI is InChI=1S/C10H16N2S/c1-9-11-10(8-13-9)7-12-5-3-2-4-6-12/h8H,2-7H2,1H3. The van der Waals surface area contributed by atoms with Gasteiger partial charge in [-0.15, -0.1) is 11.3 Å². The van der Waals surface area contributed by atoms with Crippen LogP contribution in [0.5, 0.6) is 0 Å². The fourth-order valence-electron chi connectivity index (χ4n) is 1.83. The fourth-order valence-corrected chi connectivity index (χ4v) is 2.43. The molecular formula is C10H16N2S. The second-order valence-electron chi connectivity index (χ2n) is 3.69. The number of rotatable bonds is 2. The van der Waals surface area contributed by atoms with Gasteiger partial charge in [0.1, 0.15) is 0 Å². The highest BCUT2D eigenvalue weighted by atomic mass is 32.1. The number of aryl methyl sites for hydroxylation is 1. The summed E-state index contributed by atoms with van der Waals surface area (Å²) in [5.41, 5.74) is 1.25. The van der Waals surface area contributed by atoms with Crippen LogP contribution in [0.3, 0.4) is 0 Å². The van der Waals surface area contributed by atoms with Gasteiger partial charge in [0, 0.05) is 11.9 Å². The highest BCUT2D eigenvalue weighted by molar-refractivity contribution is 7.09. The van der Waals surface area contributed by atoms with E-state index in [1.54, 1.807) is 11.3 Å². The van der Waals surface area contributed by atoms with Gasteiger partial charge in [-0.3, -0.25) is 4.90 Å². The molecule has 1 aliphatic heterocycles. The van der Waals surface area contributed by atoms with Crippen LogP contribution in [0.1, 0.15) is 30.0 Å². The monoisotopic (exact) mass is 196 g/mol. The van der Waals surface area contributed by atoms with Crippen LogP contribution in [0, 0.1) is 6.92 Å². The van der Waals surface area contributed by atoms with Crippen molar-refractivity contribution in [2.24, 2.45) is 0 Å². The van der Waals surface area contributed by atoms with Crippen LogP contribution in [-0.2, 0) is 6.54 Å². The lowest BCUT2D eigenvalue weighted by molar-refractivity contribution is 0.219. The highest BCUT2D eigenvalue weighted by Gasteiger charge is 2.11. The maximum atomic E-state index is 4.48. The number of thiazole rings is 1. The van der Waals surface area contributed by atoms with Crippen LogP contribution in [0.25, 0.3) is 0 Å². The molecule has 13 heavy (non-hydrogen) atoms. The third kappa shape index (κ3) is 2.51. The molecule has 0 amide bonds. The Kier molecular flexibility index (Phi) is 2.96. The minimum absolute atomic E-state index is 1.06. The Labute approximate surface area is 83.6 Å². The second-order valence-corrected chi connectivity index (χ2v) is 4.76. The molecule has 0 N–H and O–H groups in total. The summed E-state index contributed by atoms with van der Waals surface area (Å²) < 4.78 is 0. The van der Waals surface area contributed by atoms with Gasteiger partial charge in [-0.05, 0) is 32.9 Å². The van der Waals surface area contributed by atoms with Gasteiger partial charge in [-0.25, -0.2) is 4.98 Å². The first-order valence-corrected chi connectivity index (χ1v) is 5.86. The van der Waals surface area contributed by atoms with Crippen LogP contribution < -0.4 is 0 Å². The molecule has 2 nitrogen and oxygen atoms in total. The molecule has 0 aliphatic carbocycles. The van der Waals surface area contributed by atoms with E-state index in [-0.39, 0.29) is 0 Å². The Morgan fingerprint density at radius 1 is 1.38 bits per heavy atom. The van der Waals surface area contributed by atoms with Crippen LogP contribution in [-0.4, -0.2) is 23.0 Å². The van der Waals surface area contributed by atoms with Crippen molar-refractivity contribution in [3.8, 4) is 0 Å². The van der Waals surface area contributed by atoms with Gasteiger partial charge in [0.15, 0.2) is 0 Å². The Morgan fingerprint density at radius 3 is 2.77 bits per heavy atom. The minimum Gasteiger partial charge on any atom is -0.297 e. The molecule has 72 valence electrons. The summed E-state index contributed by atoms with van der Waals surface area (Å²) in [6.45, 7) is 5.65. The summed E-state index contributed by atoms with van der Waals surface area (Å²) in [5.74, 6) is 0. The average molecular weight is 196 g/mol. The summed E-state index contributed by atoms with van der Waals surface area (Å²) in [6, 6.07) is 0. The molecule has 0 unspecified atom stereocenters. The molecular weight excluding hydrogens is 180 g/mol. The zero-order chi connectivity index (χ0) is 9.10. The number of likely N-dealkylation sites (tertiary alicyclic amines) is 1. The topological polar surface area (TPSA) is 16.1 Å². The van der Waals surface area contributed by atoms with E-state index >= 15 is 0 Å². The van der Waals surface area contributed by atoms with Crippen molar-refractivity contribution in [1.29, 1.82) is 0 Å². The zero-order valence-electron chi connectivity index (χ0n) is 8.12. The molecule has 1 saturated heterocycles. The number of hydrogen-bond donors (Lipinski definition) is 0. The van der Waals surface area contributed by atoms with Crippen molar-refractivity contribution in [2.45, 2.75) is 32.7 Å². The molecule has 0 bridgehead atoms. The van der Waals surface area contributed by atoms with Crippen molar-refractivity contribution in [3.63, 3.8) is 0 Å². The molecule has 1 aliphatic rings. The minimum atomic E-state index is 1.06. The van der Waals surface area contributed by atoms with Gasteiger partial charge in [0.25, 0.3) is 0 Å². The first-order chi connectivity index (χ1) is 6.34.